The van der Waals surface area contributed by atoms with Crippen molar-refractivity contribution in [2.24, 2.45) is 0 Å². The Hall–Kier alpha value is 0.0300. The topological polar surface area (TPSA) is 43.8 Å². The van der Waals surface area contributed by atoms with Gasteiger partial charge < -0.3 is 4.55 Å². The predicted octanol–water partition coefficient (Wildman–Crippen LogP) is 2.01. The van der Waals surface area contributed by atoms with Gasteiger partial charge in [0.1, 0.15) is 5.66 Å². The van der Waals surface area contributed by atoms with E-state index in [1.807, 2.05) is 32.6 Å². The van der Waals surface area contributed by atoms with Crippen LogP contribution in [0.25, 0.3) is 0 Å². The average Bonchev–Trinajstić information content (AvgIpc) is 2.24. The van der Waals surface area contributed by atoms with E-state index < -0.39 is 11.2 Å². The van der Waals surface area contributed by atoms with Gasteiger partial charge in [0.15, 0.2) is 0 Å². The predicted molar refractivity (Wildman–Crippen MR) is 62.6 cm³/mol. The van der Waals surface area contributed by atoms with E-state index in [4.69, 9.17) is 16.3 Å². The molecular formula is C9H17ClN2O2S. The van der Waals surface area contributed by atoms with E-state index >= 15 is 0 Å². The van der Waals surface area contributed by atoms with E-state index in [-0.39, 0.29) is 5.91 Å². The average molecular weight is 253 g/mol. The lowest BCUT2D eigenvalue weighted by Crippen LogP contribution is -2.51. The van der Waals surface area contributed by atoms with Gasteiger partial charge in [-0.25, -0.2) is 4.42 Å². The third-order valence-electron chi connectivity index (χ3n) is 2.92. The Morgan fingerprint density at radius 2 is 1.93 bits per heavy atom. The molecule has 0 atom stereocenters. The van der Waals surface area contributed by atoms with Gasteiger partial charge in [-0.1, -0.05) is 0 Å². The third-order valence-corrected chi connectivity index (χ3v) is 3.86. The molecule has 1 rings (SSSR count). The third kappa shape index (κ3) is 1.98. The first-order valence-electron chi connectivity index (χ1n) is 4.81. The van der Waals surface area contributed by atoms with Crippen molar-refractivity contribution in [2.45, 2.75) is 38.9 Å². The van der Waals surface area contributed by atoms with Crippen LogP contribution in [0.1, 0.15) is 27.7 Å². The van der Waals surface area contributed by atoms with Crippen LogP contribution in [0, 0.1) is 0 Å². The van der Waals surface area contributed by atoms with Crippen molar-refractivity contribution in [2.75, 3.05) is 12.3 Å². The van der Waals surface area contributed by atoms with Gasteiger partial charge in [-0.2, -0.15) is 0 Å². The van der Waals surface area contributed by atoms with E-state index in [0.717, 1.165) is 12.0 Å². The molecule has 0 saturated carbocycles. The number of carbonyl (C=O) groups excluding carboxylic acids is 1. The SMILES string of the molecule is CC1(C)C(=O)N(Cl)C(C)(C)N1CCSO. The zero-order valence-corrected chi connectivity index (χ0v) is 11.0. The maximum atomic E-state index is 11.9. The Morgan fingerprint density at radius 3 is 2.27 bits per heavy atom. The van der Waals surface area contributed by atoms with Crippen molar-refractivity contribution in [1.82, 2.24) is 9.32 Å². The van der Waals surface area contributed by atoms with Gasteiger partial charge in [0.05, 0.1) is 5.54 Å². The van der Waals surface area contributed by atoms with E-state index in [9.17, 15) is 4.79 Å². The molecular weight excluding hydrogens is 236 g/mol. The van der Waals surface area contributed by atoms with E-state index in [0.29, 0.717) is 12.3 Å². The summed E-state index contributed by atoms with van der Waals surface area (Å²) in [5, 5.41) is 0. The minimum atomic E-state index is -0.610. The normalized spacial score (nSPS) is 24.9. The van der Waals surface area contributed by atoms with Gasteiger partial charge in [0.25, 0.3) is 5.91 Å². The van der Waals surface area contributed by atoms with Crippen LogP contribution in [0.15, 0.2) is 0 Å². The first kappa shape index (κ1) is 13.1. The summed E-state index contributed by atoms with van der Waals surface area (Å²) in [6.07, 6.45) is 0. The molecule has 0 spiro atoms. The zero-order valence-electron chi connectivity index (χ0n) is 9.45. The van der Waals surface area contributed by atoms with Gasteiger partial charge in [-0.15, -0.1) is 0 Å². The molecule has 1 aliphatic rings. The summed E-state index contributed by atoms with van der Waals surface area (Å²) in [7, 11) is 0. The fourth-order valence-corrected chi connectivity index (χ4v) is 2.64. The van der Waals surface area contributed by atoms with Crippen molar-refractivity contribution < 1.29 is 9.35 Å². The van der Waals surface area contributed by atoms with Crippen molar-refractivity contribution in [3.63, 3.8) is 0 Å². The van der Waals surface area contributed by atoms with Crippen LogP contribution in [0.4, 0.5) is 0 Å². The maximum Gasteiger partial charge on any atom is 0.258 e. The molecule has 0 aromatic heterocycles. The van der Waals surface area contributed by atoms with Crippen LogP contribution < -0.4 is 0 Å². The number of hydrogen-bond donors (Lipinski definition) is 1. The molecule has 0 aromatic carbocycles. The molecule has 0 bridgehead atoms. The summed E-state index contributed by atoms with van der Waals surface area (Å²) < 4.78 is 10.0. The molecule has 1 aliphatic heterocycles. The largest absolute Gasteiger partial charge is 0.330 e. The minimum absolute atomic E-state index is 0.0999. The number of carbonyl (C=O) groups is 1. The van der Waals surface area contributed by atoms with Crippen LogP contribution >= 0.6 is 23.8 Å². The van der Waals surface area contributed by atoms with Crippen LogP contribution in [0.5, 0.6) is 0 Å². The summed E-state index contributed by atoms with van der Waals surface area (Å²) in [5.74, 6) is 0.460. The molecule has 0 aliphatic carbocycles. The molecule has 6 heteroatoms. The second kappa shape index (κ2) is 4.13. The first-order chi connectivity index (χ1) is 6.76. The standard InChI is InChI=1S/C9H17ClN2O2S/c1-8(2)7(13)12(10)9(3,4)11(8)5-6-15-14/h14H,5-6H2,1-4H3. The zero-order chi connectivity index (χ0) is 11.9. The smallest absolute Gasteiger partial charge is 0.258 e. The molecule has 0 unspecified atom stereocenters. The van der Waals surface area contributed by atoms with Crippen LogP contribution in [0.3, 0.4) is 0 Å². The van der Waals surface area contributed by atoms with E-state index in [1.54, 1.807) is 0 Å². The second-order valence-corrected chi connectivity index (χ2v) is 5.63. The molecule has 4 nitrogen and oxygen atoms in total. The van der Waals surface area contributed by atoms with Gasteiger partial charge in [0, 0.05) is 24.1 Å². The summed E-state index contributed by atoms with van der Waals surface area (Å²) >= 11 is 6.76. The number of nitrogens with zero attached hydrogens (tertiary/aromatic N) is 2. The second-order valence-electron chi connectivity index (χ2n) is 4.62. The molecule has 1 N–H and O–H groups in total. The molecule has 0 aromatic rings. The van der Waals surface area contributed by atoms with Crippen molar-refractivity contribution in [3.05, 3.63) is 0 Å². The summed E-state index contributed by atoms with van der Waals surface area (Å²) in [6, 6.07) is 0. The highest BCUT2D eigenvalue weighted by atomic mass is 35.5. The summed E-state index contributed by atoms with van der Waals surface area (Å²) in [6.45, 7) is 8.11. The molecule has 1 heterocycles. The molecule has 15 heavy (non-hydrogen) atoms. The Morgan fingerprint density at radius 1 is 1.40 bits per heavy atom. The van der Waals surface area contributed by atoms with Crippen molar-refractivity contribution >= 4 is 29.7 Å². The van der Waals surface area contributed by atoms with Crippen molar-refractivity contribution in [3.8, 4) is 0 Å². The lowest BCUT2D eigenvalue weighted by atomic mass is 10.0. The van der Waals surface area contributed by atoms with Crippen LogP contribution in [0.2, 0.25) is 0 Å². The molecule has 0 radical (unpaired) electrons. The summed E-state index contributed by atoms with van der Waals surface area (Å²) in [4.78, 5) is 13.9. The molecule has 1 amide bonds. The Balaban J connectivity index is 2.95. The maximum absolute atomic E-state index is 11.9. The van der Waals surface area contributed by atoms with Crippen LogP contribution in [-0.4, -0.2) is 43.3 Å². The highest BCUT2D eigenvalue weighted by Crippen LogP contribution is 2.39. The molecule has 1 saturated heterocycles. The Labute approximate surface area is 99.9 Å². The molecule has 1 fully saturated rings. The number of halogens is 1. The van der Waals surface area contributed by atoms with E-state index in [2.05, 4.69) is 0 Å². The lowest BCUT2D eigenvalue weighted by Gasteiger charge is -2.37. The quantitative estimate of drug-likeness (QED) is 0.617. The van der Waals surface area contributed by atoms with Gasteiger partial charge in [0.2, 0.25) is 0 Å². The Kier molecular flexibility index (Phi) is 3.60. The fourth-order valence-electron chi connectivity index (χ4n) is 2.08. The van der Waals surface area contributed by atoms with Gasteiger partial charge in [-0.05, 0) is 39.7 Å². The van der Waals surface area contributed by atoms with Crippen molar-refractivity contribution in [1.29, 1.82) is 0 Å². The number of amides is 1. The highest BCUT2D eigenvalue weighted by Gasteiger charge is 2.55. The van der Waals surface area contributed by atoms with Crippen LogP contribution in [-0.2, 0) is 4.79 Å². The Bertz CT molecular complexity index is 271. The lowest BCUT2D eigenvalue weighted by molar-refractivity contribution is -0.129. The van der Waals surface area contributed by atoms with E-state index in [1.165, 1.54) is 4.42 Å². The van der Waals surface area contributed by atoms with Gasteiger partial charge >= 0.3 is 0 Å². The monoisotopic (exact) mass is 252 g/mol. The minimum Gasteiger partial charge on any atom is -0.330 e. The molecule has 88 valence electrons. The highest BCUT2D eigenvalue weighted by molar-refractivity contribution is 7.93. The van der Waals surface area contributed by atoms with Gasteiger partial charge in [-0.3, -0.25) is 9.69 Å². The first-order valence-corrected chi connectivity index (χ1v) is 6.09. The summed E-state index contributed by atoms with van der Waals surface area (Å²) in [5.41, 5.74) is -1.13. The fraction of sp³-hybridized carbons (Fsp3) is 0.889. The number of hydrogen-bond acceptors (Lipinski definition) is 4. The number of rotatable bonds is 3.